The van der Waals surface area contributed by atoms with E-state index >= 15 is 0 Å². The Morgan fingerprint density at radius 2 is 1.95 bits per heavy atom. The van der Waals surface area contributed by atoms with Gasteiger partial charge in [0.1, 0.15) is 18.2 Å². The van der Waals surface area contributed by atoms with Crippen LogP contribution in [-0.4, -0.2) is 27.1 Å². The predicted molar refractivity (Wildman–Crippen MR) is 83.3 cm³/mol. The molecule has 0 fully saturated rings. The summed E-state index contributed by atoms with van der Waals surface area (Å²) in [6.45, 7) is 6.20. The summed E-state index contributed by atoms with van der Waals surface area (Å²) in [6, 6.07) is 8.40. The molecule has 1 aromatic heterocycles. The highest BCUT2D eigenvalue weighted by molar-refractivity contribution is 5.87. The van der Waals surface area contributed by atoms with Crippen LogP contribution < -0.4 is 10.1 Å². The van der Waals surface area contributed by atoms with Crippen molar-refractivity contribution in [2.75, 3.05) is 5.32 Å². The minimum Gasteiger partial charge on any atom is -0.486 e. The number of aryl methyl sites for hydroxylation is 1. The van der Waals surface area contributed by atoms with Crippen LogP contribution in [0, 0.1) is 6.92 Å². The molecule has 6 heteroatoms. The summed E-state index contributed by atoms with van der Waals surface area (Å²) in [7, 11) is 0. The van der Waals surface area contributed by atoms with Crippen molar-refractivity contribution in [2.24, 2.45) is 0 Å². The number of carbonyl (C=O) groups is 1. The van der Waals surface area contributed by atoms with Crippen LogP contribution in [0.5, 0.6) is 5.75 Å². The second kappa shape index (κ2) is 6.89. The van der Waals surface area contributed by atoms with Crippen molar-refractivity contribution >= 4 is 11.8 Å². The second-order valence-electron chi connectivity index (χ2n) is 5.23. The van der Waals surface area contributed by atoms with Gasteiger partial charge in [-0.15, -0.1) is 0 Å². The van der Waals surface area contributed by atoms with Crippen LogP contribution in [0.25, 0.3) is 0 Å². The van der Waals surface area contributed by atoms with Crippen molar-refractivity contribution in [3.8, 4) is 5.75 Å². The zero-order valence-corrected chi connectivity index (χ0v) is 12.8. The van der Waals surface area contributed by atoms with Crippen molar-refractivity contribution in [1.29, 1.82) is 0 Å². The SMILES string of the molecule is Cc1cc(NC(C)C)nc(COc2ccc(C(=O)O)cc2)n1. The maximum Gasteiger partial charge on any atom is 0.335 e. The third kappa shape index (κ3) is 4.44. The average Bonchev–Trinajstić information content (AvgIpc) is 2.44. The molecule has 0 aliphatic carbocycles. The Morgan fingerprint density at radius 3 is 2.55 bits per heavy atom. The van der Waals surface area contributed by atoms with Crippen LogP contribution in [0.15, 0.2) is 30.3 Å². The molecule has 1 heterocycles. The number of aromatic carboxylic acids is 1. The van der Waals surface area contributed by atoms with E-state index in [-0.39, 0.29) is 18.2 Å². The zero-order chi connectivity index (χ0) is 16.1. The molecule has 0 aliphatic heterocycles. The van der Waals surface area contributed by atoms with Crippen LogP contribution in [0.4, 0.5) is 5.82 Å². The molecule has 2 N–H and O–H groups in total. The summed E-state index contributed by atoms with van der Waals surface area (Å²) in [5.74, 6) is 0.958. The molecule has 0 atom stereocenters. The lowest BCUT2D eigenvalue weighted by Gasteiger charge is -2.11. The Labute approximate surface area is 129 Å². The van der Waals surface area contributed by atoms with Crippen LogP contribution in [0.3, 0.4) is 0 Å². The van der Waals surface area contributed by atoms with Gasteiger partial charge >= 0.3 is 5.97 Å². The highest BCUT2D eigenvalue weighted by Crippen LogP contribution is 2.14. The first-order valence-corrected chi connectivity index (χ1v) is 7.01. The Kier molecular flexibility index (Phi) is 4.93. The van der Waals surface area contributed by atoms with E-state index in [0.717, 1.165) is 11.5 Å². The largest absolute Gasteiger partial charge is 0.486 e. The van der Waals surface area contributed by atoms with Crippen molar-refractivity contribution in [3.05, 3.63) is 47.4 Å². The summed E-state index contributed by atoms with van der Waals surface area (Å²) in [5, 5.41) is 12.1. The summed E-state index contributed by atoms with van der Waals surface area (Å²) in [5.41, 5.74) is 1.08. The monoisotopic (exact) mass is 301 g/mol. The molecule has 22 heavy (non-hydrogen) atoms. The van der Waals surface area contributed by atoms with Gasteiger partial charge in [0.15, 0.2) is 5.82 Å². The predicted octanol–water partition coefficient (Wildman–Crippen LogP) is 2.88. The molecule has 0 unspecified atom stereocenters. The lowest BCUT2D eigenvalue weighted by atomic mass is 10.2. The van der Waals surface area contributed by atoms with E-state index in [0.29, 0.717) is 11.6 Å². The number of rotatable bonds is 6. The molecule has 0 saturated carbocycles. The summed E-state index contributed by atoms with van der Waals surface area (Å²) >= 11 is 0. The van der Waals surface area contributed by atoms with Gasteiger partial charge in [-0.3, -0.25) is 0 Å². The number of ether oxygens (including phenoxy) is 1. The topological polar surface area (TPSA) is 84.3 Å². The highest BCUT2D eigenvalue weighted by Gasteiger charge is 2.06. The minimum atomic E-state index is -0.960. The zero-order valence-electron chi connectivity index (χ0n) is 12.8. The van der Waals surface area contributed by atoms with Crippen molar-refractivity contribution in [1.82, 2.24) is 9.97 Å². The smallest absolute Gasteiger partial charge is 0.335 e. The molecule has 2 rings (SSSR count). The Hall–Kier alpha value is -2.63. The average molecular weight is 301 g/mol. The van der Waals surface area contributed by atoms with Crippen molar-refractivity contribution < 1.29 is 14.6 Å². The number of aromatic nitrogens is 2. The van der Waals surface area contributed by atoms with Gasteiger partial charge in [0, 0.05) is 17.8 Å². The maximum atomic E-state index is 10.8. The van der Waals surface area contributed by atoms with Gasteiger partial charge in [-0.1, -0.05) is 0 Å². The van der Waals surface area contributed by atoms with Crippen molar-refractivity contribution in [3.63, 3.8) is 0 Å². The van der Waals surface area contributed by atoms with Gasteiger partial charge in [0.05, 0.1) is 5.56 Å². The van der Waals surface area contributed by atoms with Gasteiger partial charge in [-0.05, 0) is 45.0 Å². The molecular formula is C16H19N3O3. The van der Waals surface area contributed by atoms with Gasteiger partial charge in [-0.2, -0.15) is 0 Å². The van der Waals surface area contributed by atoms with Gasteiger partial charge in [0.25, 0.3) is 0 Å². The van der Waals surface area contributed by atoms with E-state index in [2.05, 4.69) is 15.3 Å². The molecular weight excluding hydrogens is 282 g/mol. The first-order valence-electron chi connectivity index (χ1n) is 7.01. The number of anilines is 1. The first kappa shape index (κ1) is 15.8. The van der Waals surface area contributed by atoms with Crippen LogP contribution >= 0.6 is 0 Å². The fourth-order valence-electron chi connectivity index (χ4n) is 1.91. The van der Waals surface area contributed by atoms with E-state index in [1.165, 1.54) is 12.1 Å². The van der Waals surface area contributed by atoms with Crippen LogP contribution in [0.2, 0.25) is 0 Å². The first-order chi connectivity index (χ1) is 10.4. The third-order valence-electron chi connectivity index (χ3n) is 2.81. The molecule has 0 amide bonds. The fraction of sp³-hybridized carbons (Fsp3) is 0.312. The number of hydrogen-bond acceptors (Lipinski definition) is 5. The van der Waals surface area contributed by atoms with Crippen LogP contribution in [-0.2, 0) is 6.61 Å². The molecule has 6 nitrogen and oxygen atoms in total. The van der Waals surface area contributed by atoms with Gasteiger partial charge in [-0.25, -0.2) is 14.8 Å². The molecule has 1 aromatic carbocycles. The number of carboxylic acid groups (broad SMARTS) is 1. The normalized spacial score (nSPS) is 10.5. The van der Waals surface area contributed by atoms with Gasteiger partial charge in [0.2, 0.25) is 0 Å². The van der Waals surface area contributed by atoms with E-state index < -0.39 is 5.97 Å². The molecule has 0 aliphatic rings. The second-order valence-corrected chi connectivity index (χ2v) is 5.23. The number of benzene rings is 1. The summed E-state index contributed by atoms with van der Waals surface area (Å²) in [6.07, 6.45) is 0. The minimum absolute atomic E-state index is 0.223. The standard InChI is InChI=1S/C16H19N3O3/c1-10(2)17-14-8-11(3)18-15(19-14)9-22-13-6-4-12(5-7-13)16(20)21/h4-8,10H,9H2,1-3H3,(H,20,21)(H,17,18,19). The Morgan fingerprint density at radius 1 is 1.27 bits per heavy atom. The third-order valence-corrected chi connectivity index (χ3v) is 2.81. The molecule has 116 valence electrons. The number of carboxylic acids is 1. The molecule has 0 bridgehead atoms. The molecule has 0 spiro atoms. The lowest BCUT2D eigenvalue weighted by molar-refractivity contribution is 0.0697. The number of hydrogen-bond donors (Lipinski definition) is 2. The van der Waals surface area contributed by atoms with Crippen molar-refractivity contribution in [2.45, 2.75) is 33.4 Å². The molecule has 0 radical (unpaired) electrons. The Bertz CT molecular complexity index is 654. The van der Waals surface area contributed by atoms with Gasteiger partial charge < -0.3 is 15.2 Å². The van der Waals surface area contributed by atoms with E-state index in [4.69, 9.17) is 9.84 Å². The molecule has 0 saturated heterocycles. The number of nitrogens with one attached hydrogen (secondary N) is 1. The Balaban J connectivity index is 2.04. The van der Waals surface area contributed by atoms with E-state index in [1.54, 1.807) is 12.1 Å². The number of nitrogens with zero attached hydrogens (tertiary/aromatic N) is 2. The summed E-state index contributed by atoms with van der Waals surface area (Å²) < 4.78 is 5.60. The van der Waals surface area contributed by atoms with Crippen LogP contribution in [0.1, 0.15) is 35.7 Å². The molecule has 2 aromatic rings. The quantitative estimate of drug-likeness (QED) is 0.853. The maximum absolute atomic E-state index is 10.8. The highest BCUT2D eigenvalue weighted by atomic mass is 16.5. The fourth-order valence-corrected chi connectivity index (χ4v) is 1.91. The van der Waals surface area contributed by atoms with E-state index in [9.17, 15) is 4.79 Å². The lowest BCUT2D eigenvalue weighted by Crippen LogP contribution is -2.13. The van der Waals surface area contributed by atoms with E-state index in [1.807, 2.05) is 26.8 Å². The summed E-state index contributed by atoms with van der Waals surface area (Å²) in [4.78, 5) is 19.5.